The Balaban J connectivity index is 1.73. The van der Waals surface area contributed by atoms with Gasteiger partial charge in [0.1, 0.15) is 40.5 Å². The summed E-state index contributed by atoms with van der Waals surface area (Å²) in [7, 11) is 0. The predicted octanol–water partition coefficient (Wildman–Crippen LogP) is 4.56. The van der Waals surface area contributed by atoms with Crippen molar-refractivity contribution in [2.75, 3.05) is 6.54 Å². The van der Waals surface area contributed by atoms with E-state index in [9.17, 15) is 18.0 Å². The van der Waals surface area contributed by atoms with Gasteiger partial charge in [-0.15, -0.1) is 11.3 Å². The average molecular weight is 392 g/mol. The summed E-state index contributed by atoms with van der Waals surface area (Å²) in [5.74, 6) is -2.09. The highest BCUT2D eigenvalue weighted by Gasteiger charge is 2.14. The van der Waals surface area contributed by atoms with E-state index in [0.717, 1.165) is 35.6 Å². The van der Waals surface area contributed by atoms with E-state index in [1.165, 1.54) is 12.1 Å². The van der Waals surface area contributed by atoms with Crippen LogP contribution in [0.4, 0.5) is 13.2 Å². The number of aromatic nitrogens is 1. The second-order valence-electron chi connectivity index (χ2n) is 5.61. The van der Waals surface area contributed by atoms with Gasteiger partial charge >= 0.3 is 0 Å². The van der Waals surface area contributed by atoms with Crippen LogP contribution in [-0.2, 0) is 6.61 Å². The topological polar surface area (TPSA) is 51.2 Å². The second kappa shape index (κ2) is 8.22. The van der Waals surface area contributed by atoms with Gasteiger partial charge in [-0.1, -0.05) is 0 Å². The van der Waals surface area contributed by atoms with Gasteiger partial charge in [0, 0.05) is 29.6 Å². The van der Waals surface area contributed by atoms with E-state index in [4.69, 9.17) is 4.74 Å². The van der Waals surface area contributed by atoms with Crippen LogP contribution < -0.4 is 10.1 Å². The van der Waals surface area contributed by atoms with Crippen LogP contribution >= 0.6 is 11.3 Å². The van der Waals surface area contributed by atoms with Gasteiger partial charge in [0.2, 0.25) is 0 Å². The Labute approximate surface area is 157 Å². The summed E-state index contributed by atoms with van der Waals surface area (Å²) in [6.45, 7) is 2.16. The highest BCUT2D eigenvalue weighted by atomic mass is 32.1. The number of hydrogen-bond acceptors (Lipinski definition) is 4. The van der Waals surface area contributed by atoms with E-state index in [-0.39, 0.29) is 29.5 Å². The number of amides is 1. The summed E-state index contributed by atoms with van der Waals surface area (Å²) < 4.78 is 46.2. The largest absolute Gasteiger partial charge is 0.489 e. The Morgan fingerprint density at radius 3 is 2.56 bits per heavy atom. The van der Waals surface area contributed by atoms with Crippen LogP contribution in [0.5, 0.6) is 5.75 Å². The third kappa shape index (κ3) is 4.65. The van der Waals surface area contributed by atoms with E-state index in [0.29, 0.717) is 17.1 Å². The molecule has 0 saturated heterocycles. The maximum absolute atomic E-state index is 14.4. The van der Waals surface area contributed by atoms with Gasteiger partial charge in [-0.2, -0.15) is 0 Å². The molecule has 1 amide bonds. The summed E-state index contributed by atoms with van der Waals surface area (Å²) in [4.78, 5) is 15.9. The first-order valence-corrected chi connectivity index (χ1v) is 8.95. The fourth-order valence-electron chi connectivity index (χ4n) is 2.37. The molecule has 8 heteroatoms. The molecule has 0 atom stereocenters. The first-order valence-electron chi connectivity index (χ1n) is 8.07. The first kappa shape index (κ1) is 18.9. The minimum atomic E-state index is -0.707. The normalized spacial score (nSPS) is 10.7. The lowest BCUT2D eigenvalue weighted by atomic mass is 10.2. The minimum Gasteiger partial charge on any atom is -0.489 e. The number of halogens is 3. The molecule has 0 spiro atoms. The molecular weight excluding hydrogens is 377 g/mol. The maximum Gasteiger partial charge on any atom is 0.270 e. The molecule has 0 bridgehead atoms. The maximum atomic E-state index is 14.4. The van der Waals surface area contributed by atoms with Gasteiger partial charge < -0.3 is 10.1 Å². The lowest BCUT2D eigenvalue weighted by Gasteiger charge is -2.08. The molecule has 1 heterocycles. The molecular formula is C19H15F3N2O2S. The fourth-order valence-corrected chi connectivity index (χ4v) is 3.20. The number of rotatable bonds is 6. The zero-order chi connectivity index (χ0) is 19.4. The van der Waals surface area contributed by atoms with E-state index in [1.54, 1.807) is 12.3 Å². The molecule has 140 valence electrons. The highest BCUT2D eigenvalue weighted by Crippen LogP contribution is 2.29. The third-order valence-electron chi connectivity index (χ3n) is 3.57. The molecule has 0 fully saturated rings. The summed E-state index contributed by atoms with van der Waals surface area (Å²) >= 11 is 1.15. The number of nitrogens with zero attached hydrogens (tertiary/aromatic N) is 1. The van der Waals surface area contributed by atoms with Crippen LogP contribution in [-0.4, -0.2) is 17.4 Å². The summed E-state index contributed by atoms with van der Waals surface area (Å²) in [5, 5.41) is 4.55. The fraction of sp³-hybridized carbons (Fsp3) is 0.158. The average Bonchev–Trinajstić information content (AvgIpc) is 3.09. The second-order valence-corrected chi connectivity index (χ2v) is 6.46. The number of ether oxygens (including phenoxy) is 1. The molecule has 1 N–H and O–H groups in total. The van der Waals surface area contributed by atoms with Crippen LogP contribution in [0.25, 0.3) is 10.6 Å². The molecule has 0 radical (unpaired) electrons. The Morgan fingerprint density at radius 1 is 1.15 bits per heavy atom. The van der Waals surface area contributed by atoms with Crippen molar-refractivity contribution < 1.29 is 22.7 Å². The summed E-state index contributed by atoms with van der Waals surface area (Å²) in [5.41, 5.74) is 0.757. The molecule has 0 saturated carbocycles. The number of nitrogens with one attached hydrogen (secondary N) is 1. The monoisotopic (exact) mass is 392 g/mol. The SMILES string of the molecule is CCNC(=O)c1csc(-c2ccc(OCc3cc(F)cc(F)c3)cc2F)n1. The molecule has 27 heavy (non-hydrogen) atoms. The Bertz CT molecular complexity index is 955. The van der Waals surface area contributed by atoms with E-state index in [1.807, 2.05) is 0 Å². The summed E-state index contributed by atoms with van der Waals surface area (Å²) in [6.07, 6.45) is 0. The van der Waals surface area contributed by atoms with Gasteiger partial charge in [-0.3, -0.25) is 4.79 Å². The summed E-state index contributed by atoms with van der Waals surface area (Å²) in [6, 6.07) is 7.23. The molecule has 2 aromatic carbocycles. The van der Waals surface area contributed by atoms with E-state index >= 15 is 0 Å². The van der Waals surface area contributed by atoms with Gasteiger partial charge in [0.25, 0.3) is 5.91 Å². The van der Waals surface area contributed by atoms with Gasteiger partial charge in [0.15, 0.2) is 0 Å². The zero-order valence-electron chi connectivity index (χ0n) is 14.3. The Kier molecular flexibility index (Phi) is 5.75. The molecule has 3 rings (SSSR count). The Morgan fingerprint density at radius 2 is 1.89 bits per heavy atom. The molecule has 0 aliphatic rings. The van der Waals surface area contributed by atoms with E-state index in [2.05, 4.69) is 10.3 Å². The number of hydrogen-bond donors (Lipinski definition) is 1. The quantitative estimate of drug-likeness (QED) is 0.669. The number of carbonyl (C=O) groups excluding carboxylic acids is 1. The van der Waals surface area contributed by atoms with Crippen molar-refractivity contribution >= 4 is 17.2 Å². The Hall–Kier alpha value is -2.87. The molecule has 0 aliphatic carbocycles. The van der Waals surface area contributed by atoms with E-state index < -0.39 is 17.5 Å². The minimum absolute atomic E-state index is 0.105. The lowest BCUT2D eigenvalue weighted by Crippen LogP contribution is -2.22. The number of carbonyl (C=O) groups is 1. The number of benzene rings is 2. The standard InChI is InChI=1S/C19H15F3N2O2S/c1-2-23-18(25)17-10-27-19(24-17)15-4-3-14(8-16(15)22)26-9-11-5-12(20)7-13(21)6-11/h3-8,10H,2,9H2,1H3,(H,23,25). The van der Waals surface area contributed by atoms with Gasteiger partial charge in [0.05, 0.1) is 0 Å². The molecule has 0 unspecified atom stereocenters. The van der Waals surface area contributed by atoms with Crippen molar-refractivity contribution in [3.8, 4) is 16.3 Å². The van der Waals surface area contributed by atoms with Crippen molar-refractivity contribution in [2.24, 2.45) is 0 Å². The van der Waals surface area contributed by atoms with Gasteiger partial charge in [-0.25, -0.2) is 18.2 Å². The highest BCUT2D eigenvalue weighted by molar-refractivity contribution is 7.13. The zero-order valence-corrected chi connectivity index (χ0v) is 15.1. The van der Waals surface area contributed by atoms with Gasteiger partial charge in [-0.05, 0) is 36.8 Å². The lowest BCUT2D eigenvalue weighted by molar-refractivity contribution is 0.0951. The van der Waals surface area contributed by atoms with Crippen molar-refractivity contribution in [2.45, 2.75) is 13.5 Å². The van der Waals surface area contributed by atoms with Crippen molar-refractivity contribution in [1.82, 2.24) is 10.3 Å². The predicted molar refractivity (Wildman–Crippen MR) is 96.2 cm³/mol. The van der Waals surface area contributed by atoms with Crippen LogP contribution in [0.2, 0.25) is 0 Å². The van der Waals surface area contributed by atoms with Crippen molar-refractivity contribution in [3.63, 3.8) is 0 Å². The van der Waals surface area contributed by atoms with Crippen LogP contribution in [0.3, 0.4) is 0 Å². The molecule has 1 aromatic heterocycles. The number of thiazole rings is 1. The van der Waals surface area contributed by atoms with Crippen molar-refractivity contribution in [3.05, 3.63) is 70.5 Å². The molecule has 0 aliphatic heterocycles. The van der Waals surface area contributed by atoms with Crippen LogP contribution in [0.1, 0.15) is 23.0 Å². The third-order valence-corrected chi connectivity index (χ3v) is 4.45. The van der Waals surface area contributed by atoms with Crippen LogP contribution in [0, 0.1) is 17.5 Å². The van der Waals surface area contributed by atoms with Crippen LogP contribution in [0.15, 0.2) is 41.8 Å². The van der Waals surface area contributed by atoms with Crippen molar-refractivity contribution in [1.29, 1.82) is 0 Å². The first-order chi connectivity index (χ1) is 13.0. The smallest absolute Gasteiger partial charge is 0.270 e. The molecule has 4 nitrogen and oxygen atoms in total. The molecule has 3 aromatic rings.